The van der Waals surface area contributed by atoms with Crippen molar-refractivity contribution in [2.24, 2.45) is 0 Å². The van der Waals surface area contributed by atoms with Gasteiger partial charge in [-0.25, -0.2) is 4.79 Å². The van der Waals surface area contributed by atoms with Crippen LogP contribution in [-0.2, 0) is 33.3 Å². The lowest BCUT2D eigenvalue weighted by atomic mass is 10.0. The van der Waals surface area contributed by atoms with E-state index < -0.39 is 24.3 Å². The summed E-state index contributed by atoms with van der Waals surface area (Å²) in [7, 11) is 5.98. The Balaban J connectivity index is 4.14. The van der Waals surface area contributed by atoms with E-state index in [1.165, 1.54) is 193 Å². The summed E-state index contributed by atoms with van der Waals surface area (Å²) in [6, 6.07) is 0. The van der Waals surface area contributed by atoms with Crippen LogP contribution < -0.4 is 0 Å². The van der Waals surface area contributed by atoms with Crippen LogP contribution >= 0.6 is 0 Å². The van der Waals surface area contributed by atoms with Gasteiger partial charge in [-0.2, -0.15) is 0 Å². The van der Waals surface area contributed by atoms with Crippen LogP contribution in [-0.4, -0.2) is 87.4 Å². The lowest BCUT2D eigenvalue weighted by molar-refractivity contribution is -0.870. The Kier molecular flexibility index (Phi) is 57.8. The molecule has 2 unspecified atom stereocenters. The Hall–Kier alpha value is -3.01. The summed E-state index contributed by atoms with van der Waals surface area (Å²) in [6.45, 7) is 4.80. The molecule has 9 heteroatoms. The maximum atomic E-state index is 12.9. The van der Waals surface area contributed by atoms with E-state index in [1.807, 2.05) is 21.1 Å². The maximum Gasteiger partial charge on any atom is 0.361 e. The predicted octanol–water partition coefficient (Wildman–Crippen LogP) is 20.0. The van der Waals surface area contributed by atoms with E-state index >= 15 is 0 Å². The second kappa shape index (κ2) is 60.1. The fraction of sp³-hybridized carbons (Fsp3) is 0.812. The van der Waals surface area contributed by atoms with Gasteiger partial charge in [0.2, 0.25) is 0 Å². The molecule has 0 spiro atoms. The average Bonchev–Trinajstić information content (AvgIpc) is 3.41. The Morgan fingerprint density at radius 2 is 0.731 bits per heavy atom. The van der Waals surface area contributed by atoms with Crippen LogP contribution in [0.2, 0.25) is 0 Å². The molecule has 1 N–H and O–H groups in total. The van der Waals surface area contributed by atoms with Crippen molar-refractivity contribution in [1.82, 2.24) is 0 Å². The van der Waals surface area contributed by atoms with Crippen LogP contribution in [0.3, 0.4) is 0 Å². The predicted molar refractivity (Wildman–Crippen MR) is 332 cm³/mol. The molecule has 0 aromatic rings. The molecule has 0 aromatic heterocycles. The summed E-state index contributed by atoms with van der Waals surface area (Å²) in [6.07, 6.45) is 74.6. The number of carbonyl (C=O) groups is 3. The molecule has 0 rings (SSSR count). The molecule has 0 saturated heterocycles. The molecule has 0 amide bonds. The molecule has 454 valence electrons. The highest BCUT2D eigenvalue weighted by atomic mass is 16.7. The molecule has 0 fully saturated rings. The fourth-order valence-corrected chi connectivity index (χ4v) is 9.51. The van der Waals surface area contributed by atoms with E-state index in [9.17, 15) is 19.5 Å². The molecule has 0 aromatic carbocycles. The molecule has 0 radical (unpaired) electrons. The number of hydrogen-bond acceptors (Lipinski definition) is 7. The van der Waals surface area contributed by atoms with Gasteiger partial charge in [0.25, 0.3) is 6.29 Å². The van der Waals surface area contributed by atoms with Gasteiger partial charge in [-0.05, 0) is 57.8 Å². The van der Waals surface area contributed by atoms with Crippen molar-refractivity contribution >= 4 is 17.9 Å². The van der Waals surface area contributed by atoms with Crippen LogP contribution in [0.4, 0.5) is 0 Å². The van der Waals surface area contributed by atoms with Gasteiger partial charge in [0.05, 0.1) is 34.4 Å². The molecule has 0 heterocycles. The van der Waals surface area contributed by atoms with Crippen molar-refractivity contribution in [1.29, 1.82) is 0 Å². The standard InChI is InChI=1S/C69H125NO8/c1-6-8-10-12-14-16-18-20-22-24-26-28-30-32-33-34-36-37-39-41-43-45-47-49-51-53-55-57-59-66(71)76-63-65(64-77-69(68(73)74)75-62-61-70(3,4)5)78-67(72)60-58-56-54-52-50-48-46-44-42-40-38-35-31-29-27-25-23-21-19-17-15-13-11-9-7-2/h9,11,15,17,21,23,27,29,35,38,65,69H,6-8,10,12-14,16,18-20,22,24-26,28,30-34,36-37,39-64H2,1-5H3/p+1/b11-9-,17-15-,23-21-,29-27-,38-35-. The monoisotopic (exact) mass is 1100 g/mol. The third-order valence-corrected chi connectivity index (χ3v) is 14.5. The van der Waals surface area contributed by atoms with E-state index in [4.69, 9.17) is 18.9 Å². The number of nitrogens with zero attached hydrogens (tertiary/aromatic N) is 1. The number of rotatable bonds is 61. The Bertz CT molecular complexity index is 1460. The second-order valence-corrected chi connectivity index (χ2v) is 23.4. The highest BCUT2D eigenvalue weighted by molar-refractivity contribution is 5.71. The van der Waals surface area contributed by atoms with Crippen molar-refractivity contribution < 1.29 is 42.9 Å². The minimum Gasteiger partial charge on any atom is -0.477 e. The smallest absolute Gasteiger partial charge is 0.361 e. The van der Waals surface area contributed by atoms with Crippen molar-refractivity contribution in [3.63, 3.8) is 0 Å². The van der Waals surface area contributed by atoms with Crippen LogP contribution in [0, 0.1) is 0 Å². The lowest BCUT2D eigenvalue weighted by Crippen LogP contribution is -2.40. The number of esters is 2. The summed E-state index contributed by atoms with van der Waals surface area (Å²) >= 11 is 0. The summed E-state index contributed by atoms with van der Waals surface area (Å²) in [5, 5.41) is 9.73. The van der Waals surface area contributed by atoms with Gasteiger partial charge in [-0.1, -0.05) is 293 Å². The highest BCUT2D eigenvalue weighted by Crippen LogP contribution is 2.18. The number of allylic oxidation sites excluding steroid dienone is 10. The zero-order valence-electron chi connectivity index (χ0n) is 51.8. The molecule has 0 aliphatic carbocycles. The Morgan fingerprint density at radius 1 is 0.397 bits per heavy atom. The Morgan fingerprint density at radius 3 is 1.09 bits per heavy atom. The number of unbranched alkanes of at least 4 members (excludes halogenated alkanes) is 36. The number of carboxylic acids is 1. The van der Waals surface area contributed by atoms with E-state index in [2.05, 4.69) is 74.6 Å². The van der Waals surface area contributed by atoms with Crippen molar-refractivity contribution in [2.45, 2.75) is 315 Å². The van der Waals surface area contributed by atoms with Gasteiger partial charge >= 0.3 is 17.9 Å². The van der Waals surface area contributed by atoms with Crippen molar-refractivity contribution in [2.75, 3.05) is 47.5 Å². The molecule has 0 aliphatic rings. The molecule has 0 saturated carbocycles. The van der Waals surface area contributed by atoms with E-state index in [0.717, 1.165) is 77.0 Å². The molecule has 0 aliphatic heterocycles. The number of ether oxygens (including phenoxy) is 4. The molecule has 2 atom stereocenters. The molecular formula is C69H126NO8+. The topological polar surface area (TPSA) is 108 Å². The quantitative estimate of drug-likeness (QED) is 0.0211. The van der Waals surface area contributed by atoms with E-state index in [1.54, 1.807) is 0 Å². The number of carbonyl (C=O) groups excluding carboxylic acids is 2. The SMILES string of the molecule is CC/C=C\C/C=C\C/C=C\C/C=C\C/C=C\CCCCCCCCCCCC(=O)OC(COC(=O)CCCCCCCCCCCCCCCCCCCCCCCCCCCCCC)COC(OCC[N+](C)(C)C)C(=O)O. The lowest BCUT2D eigenvalue weighted by Gasteiger charge is -2.25. The van der Waals surface area contributed by atoms with Crippen molar-refractivity contribution in [3.8, 4) is 0 Å². The normalized spacial score (nSPS) is 13.1. The second-order valence-electron chi connectivity index (χ2n) is 23.4. The summed E-state index contributed by atoms with van der Waals surface area (Å²) < 4.78 is 23.0. The number of hydrogen-bond donors (Lipinski definition) is 1. The number of carboxylic acid groups (broad SMARTS) is 1. The van der Waals surface area contributed by atoms with Gasteiger partial charge in [-0.3, -0.25) is 9.59 Å². The maximum absolute atomic E-state index is 12.9. The van der Waals surface area contributed by atoms with E-state index in [0.29, 0.717) is 23.9 Å². The van der Waals surface area contributed by atoms with Crippen LogP contribution in [0.15, 0.2) is 60.8 Å². The molecular weight excluding hydrogens is 971 g/mol. The summed E-state index contributed by atoms with van der Waals surface area (Å²) in [5.74, 6) is -2.00. The fourth-order valence-electron chi connectivity index (χ4n) is 9.51. The first-order valence-corrected chi connectivity index (χ1v) is 33.0. The summed E-state index contributed by atoms with van der Waals surface area (Å²) in [4.78, 5) is 37.6. The number of quaternary nitrogens is 1. The molecule has 9 nitrogen and oxygen atoms in total. The minimum atomic E-state index is -1.51. The first-order valence-electron chi connectivity index (χ1n) is 33.0. The van der Waals surface area contributed by atoms with Crippen LogP contribution in [0.25, 0.3) is 0 Å². The number of aliphatic carboxylic acids is 1. The molecule has 78 heavy (non-hydrogen) atoms. The van der Waals surface area contributed by atoms with Crippen LogP contribution in [0.5, 0.6) is 0 Å². The van der Waals surface area contributed by atoms with Crippen molar-refractivity contribution in [3.05, 3.63) is 60.8 Å². The Labute approximate surface area is 482 Å². The van der Waals surface area contributed by atoms with Gasteiger partial charge in [0.1, 0.15) is 13.2 Å². The van der Waals surface area contributed by atoms with Gasteiger partial charge in [0, 0.05) is 12.8 Å². The largest absolute Gasteiger partial charge is 0.477 e. The minimum absolute atomic E-state index is 0.183. The van der Waals surface area contributed by atoms with Crippen LogP contribution in [0.1, 0.15) is 303 Å². The molecule has 0 bridgehead atoms. The highest BCUT2D eigenvalue weighted by Gasteiger charge is 2.25. The zero-order chi connectivity index (χ0) is 56.9. The third-order valence-electron chi connectivity index (χ3n) is 14.5. The van der Waals surface area contributed by atoms with Gasteiger partial charge < -0.3 is 28.5 Å². The zero-order valence-corrected chi connectivity index (χ0v) is 51.8. The van der Waals surface area contributed by atoms with Gasteiger partial charge in [-0.15, -0.1) is 0 Å². The average molecular weight is 1100 g/mol. The van der Waals surface area contributed by atoms with E-state index in [-0.39, 0.29) is 32.2 Å². The first-order chi connectivity index (χ1) is 38.1. The van der Waals surface area contributed by atoms with Gasteiger partial charge in [0.15, 0.2) is 6.10 Å². The first kappa shape index (κ1) is 75.0. The summed E-state index contributed by atoms with van der Waals surface area (Å²) in [5.41, 5.74) is 0. The third kappa shape index (κ3) is 60.6. The number of likely N-dealkylation sites (N-methyl/N-ethyl adjacent to an activating group) is 1.